The van der Waals surface area contributed by atoms with Crippen molar-refractivity contribution in [2.24, 2.45) is 0 Å². The van der Waals surface area contributed by atoms with Crippen molar-refractivity contribution < 1.29 is 4.74 Å². The summed E-state index contributed by atoms with van der Waals surface area (Å²) in [7, 11) is 1.73. The number of aryl methyl sites for hydroxylation is 2. The van der Waals surface area contributed by atoms with Crippen LogP contribution in [0.5, 0.6) is 5.75 Å². The summed E-state index contributed by atoms with van der Waals surface area (Å²) >= 11 is 0. The Labute approximate surface area is 206 Å². The average Bonchev–Trinajstić information content (AvgIpc) is 3.21. The number of fused-ring (bicyclic) bond motifs is 1. The molecule has 0 amide bonds. The van der Waals surface area contributed by atoms with E-state index >= 15 is 0 Å². The van der Waals surface area contributed by atoms with E-state index in [9.17, 15) is 0 Å². The number of allylic oxidation sites excluding steroid dienone is 3. The maximum Gasteiger partial charge on any atom is 0.119 e. The lowest BCUT2D eigenvalue weighted by atomic mass is 9.82. The summed E-state index contributed by atoms with van der Waals surface area (Å²) in [6.45, 7) is 19.0. The molecule has 0 bridgehead atoms. The van der Waals surface area contributed by atoms with E-state index in [2.05, 4.69) is 114 Å². The molecule has 2 heterocycles. The first-order valence-electron chi connectivity index (χ1n) is 12.6. The summed E-state index contributed by atoms with van der Waals surface area (Å²) in [4.78, 5) is 4.86. The Balaban J connectivity index is 1.81. The molecular formula is C31H40N2O. The van der Waals surface area contributed by atoms with Gasteiger partial charge in [-0.2, -0.15) is 0 Å². The summed E-state index contributed by atoms with van der Waals surface area (Å²) in [6.07, 6.45) is 9.03. The lowest BCUT2D eigenvalue weighted by Crippen LogP contribution is -2.28. The molecule has 34 heavy (non-hydrogen) atoms. The van der Waals surface area contributed by atoms with E-state index < -0.39 is 0 Å². The second kappa shape index (κ2) is 9.37. The Hall–Kier alpha value is -2.94. The molecule has 4 rings (SSSR count). The lowest BCUT2D eigenvalue weighted by molar-refractivity contribution is 0.414. The van der Waals surface area contributed by atoms with Crippen molar-refractivity contribution in [1.29, 1.82) is 0 Å². The van der Waals surface area contributed by atoms with Gasteiger partial charge in [0.15, 0.2) is 0 Å². The third-order valence-corrected chi connectivity index (χ3v) is 7.08. The zero-order valence-electron chi connectivity index (χ0n) is 22.4. The monoisotopic (exact) mass is 456 g/mol. The molecule has 2 aromatic carbocycles. The third-order valence-electron chi connectivity index (χ3n) is 7.08. The number of methoxy groups -OCH3 is 1. The normalized spacial score (nSPS) is 15.4. The van der Waals surface area contributed by atoms with Crippen LogP contribution < -0.4 is 9.64 Å². The van der Waals surface area contributed by atoms with Gasteiger partial charge in [-0.3, -0.25) is 0 Å². The van der Waals surface area contributed by atoms with Gasteiger partial charge >= 0.3 is 0 Å². The van der Waals surface area contributed by atoms with Crippen LogP contribution in [-0.2, 0) is 0 Å². The molecule has 0 aliphatic carbocycles. The van der Waals surface area contributed by atoms with Gasteiger partial charge in [-0.1, -0.05) is 59.8 Å². The number of ether oxygens (including phenoxy) is 1. The fourth-order valence-electron chi connectivity index (χ4n) is 5.27. The van der Waals surface area contributed by atoms with Gasteiger partial charge in [0.05, 0.1) is 25.2 Å². The SMILES string of the molecule is COc1cc(C)c(N2C=C3C=CC=C(c4c(C(C)C)cc(C(C)C)cc4C(C)C)N3C2)c(C)c1. The molecule has 0 saturated heterocycles. The van der Waals surface area contributed by atoms with E-state index in [1.54, 1.807) is 7.11 Å². The molecule has 3 heteroatoms. The molecule has 0 radical (unpaired) electrons. The second-order valence-electron chi connectivity index (χ2n) is 10.7. The largest absolute Gasteiger partial charge is 0.497 e. The van der Waals surface area contributed by atoms with Crippen molar-refractivity contribution in [3.05, 3.63) is 87.8 Å². The number of benzene rings is 2. The van der Waals surface area contributed by atoms with Gasteiger partial charge in [-0.25, -0.2) is 0 Å². The molecular weight excluding hydrogens is 416 g/mol. The molecule has 0 fully saturated rings. The van der Waals surface area contributed by atoms with Crippen LogP contribution in [-0.4, -0.2) is 18.7 Å². The third kappa shape index (κ3) is 4.29. The summed E-state index contributed by atoms with van der Waals surface area (Å²) in [5.41, 5.74) is 12.0. The fourth-order valence-corrected chi connectivity index (χ4v) is 5.27. The van der Waals surface area contributed by atoms with Gasteiger partial charge in [0.2, 0.25) is 0 Å². The Morgan fingerprint density at radius 3 is 1.91 bits per heavy atom. The van der Waals surface area contributed by atoms with Crippen LogP contribution in [0.15, 0.2) is 54.4 Å². The summed E-state index contributed by atoms with van der Waals surface area (Å²) in [5.74, 6) is 2.34. The van der Waals surface area contributed by atoms with Crippen LogP contribution in [0.3, 0.4) is 0 Å². The van der Waals surface area contributed by atoms with E-state index in [1.807, 2.05) is 0 Å². The maximum absolute atomic E-state index is 5.50. The summed E-state index contributed by atoms with van der Waals surface area (Å²) in [5, 5.41) is 0. The molecule has 0 saturated carbocycles. The molecule has 0 spiro atoms. The molecule has 2 aliphatic heterocycles. The van der Waals surface area contributed by atoms with Gasteiger partial charge in [-0.05, 0) is 83.7 Å². The van der Waals surface area contributed by atoms with Crippen LogP contribution in [0.2, 0.25) is 0 Å². The predicted molar refractivity (Wildman–Crippen MR) is 146 cm³/mol. The minimum Gasteiger partial charge on any atom is -0.497 e. The first-order valence-corrected chi connectivity index (χ1v) is 12.6. The summed E-state index contributed by atoms with van der Waals surface area (Å²) in [6, 6.07) is 9.15. The first-order chi connectivity index (χ1) is 16.1. The predicted octanol–water partition coefficient (Wildman–Crippen LogP) is 8.21. The maximum atomic E-state index is 5.50. The van der Waals surface area contributed by atoms with E-state index in [-0.39, 0.29) is 0 Å². The van der Waals surface area contributed by atoms with Crippen molar-refractivity contribution in [2.45, 2.75) is 73.1 Å². The number of hydrogen-bond donors (Lipinski definition) is 0. The molecule has 2 aliphatic rings. The van der Waals surface area contributed by atoms with Crippen molar-refractivity contribution in [2.75, 3.05) is 18.7 Å². The highest BCUT2D eigenvalue weighted by atomic mass is 16.5. The van der Waals surface area contributed by atoms with Gasteiger partial charge < -0.3 is 14.5 Å². The van der Waals surface area contributed by atoms with Crippen LogP contribution in [0, 0.1) is 13.8 Å². The average molecular weight is 457 g/mol. The zero-order valence-corrected chi connectivity index (χ0v) is 22.4. The van der Waals surface area contributed by atoms with Gasteiger partial charge in [0, 0.05) is 17.5 Å². The number of anilines is 1. The van der Waals surface area contributed by atoms with Crippen LogP contribution in [0.1, 0.15) is 92.7 Å². The smallest absolute Gasteiger partial charge is 0.119 e. The topological polar surface area (TPSA) is 15.7 Å². The molecule has 180 valence electrons. The Morgan fingerprint density at radius 2 is 1.41 bits per heavy atom. The van der Waals surface area contributed by atoms with Gasteiger partial charge in [0.25, 0.3) is 0 Å². The fraction of sp³-hybridized carbons (Fsp3) is 0.419. The minimum atomic E-state index is 0.454. The van der Waals surface area contributed by atoms with E-state index in [0.717, 1.165) is 12.4 Å². The summed E-state index contributed by atoms with van der Waals surface area (Å²) < 4.78 is 5.50. The highest BCUT2D eigenvalue weighted by Crippen LogP contribution is 2.42. The molecule has 0 unspecified atom stereocenters. The highest BCUT2D eigenvalue weighted by Gasteiger charge is 2.30. The van der Waals surface area contributed by atoms with Crippen molar-refractivity contribution in [3.63, 3.8) is 0 Å². The second-order valence-corrected chi connectivity index (χ2v) is 10.7. The van der Waals surface area contributed by atoms with Crippen LogP contribution >= 0.6 is 0 Å². The van der Waals surface area contributed by atoms with E-state index in [4.69, 9.17) is 4.74 Å². The van der Waals surface area contributed by atoms with Crippen molar-refractivity contribution in [3.8, 4) is 5.75 Å². The standard InChI is InChI=1S/C31H40N2O/c1-19(2)24-15-27(20(3)4)30(28(16-24)21(5)6)29-12-10-11-25-17-32(18-33(25)29)31-22(7)13-26(34-9)14-23(31)8/h10-17,19-21H,18H2,1-9H3. The van der Waals surface area contributed by atoms with E-state index in [1.165, 1.54) is 50.5 Å². The quantitative estimate of drug-likeness (QED) is 0.435. The zero-order chi connectivity index (χ0) is 24.7. The first kappa shape index (κ1) is 24.2. The minimum absolute atomic E-state index is 0.454. The number of rotatable bonds is 6. The van der Waals surface area contributed by atoms with Crippen LogP contribution in [0.25, 0.3) is 5.70 Å². The number of nitrogens with zero attached hydrogens (tertiary/aromatic N) is 2. The Morgan fingerprint density at radius 1 is 0.824 bits per heavy atom. The molecule has 0 aromatic heterocycles. The Kier molecular flexibility index (Phi) is 6.66. The van der Waals surface area contributed by atoms with Gasteiger partial charge in [-0.15, -0.1) is 0 Å². The molecule has 2 aromatic rings. The molecule has 3 nitrogen and oxygen atoms in total. The van der Waals surface area contributed by atoms with Crippen molar-refractivity contribution in [1.82, 2.24) is 4.90 Å². The molecule has 0 N–H and O–H groups in total. The highest BCUT2D eigenvalue weighted by molar-refractivity contribution is 5.77. The molecule has 0 atom stereocenters. The lowest BCUT2D eigenvalue weighted by Gasteiger charge is -2.33. The van der Waals surface area contributed by atoms with Crippen molar-refractivity contribution >= 4 is 11.4 Å². The number of hydrogen-bond acceptors (Lipinski definition) is 3. The van der Waals surface area contributed by atoms with Crippen LogP contribution in [0.4, 0.5) is 5.69 Å². The van der Waals surface area contributed by atoms with E-state index in [0.29, 0.717) is 17.8 Å². The Bertz CT molecular complexity index is 1130. The van der Waals surface area contributed by atoms with Gasteiger partial charge in [0.1, 0.15) is 5.75 Å².